The molecule has 0 aliphatic rings. The number of guanidine groups is 1. The van der Waals surface area contributed by atoms with E-state index in [1.54, 1.807) is 0 Å². The Morgan fingerprint density at radius 2 is 1.46 bits per heavy atom. The average Bonchev–Trinajstić information content (AvgIpc) is 2.61. The molecule has 0 rings (SSSR count). The van der Waals surface area contributed by atoms with Crippen molar-refractivity contribution in [3.63, 3.8) is 0 Å². The monoisotopic (exact) mass is 372 g/mol. The summed E-state index contributed by atoms with van der Waals surface area (Å²) in [6.45, 7) is 2.58. The van der Waals surface area contributed by atoms with Crippen LogP contribution in [0.5, 0.6) is 0 Å². The first-order valence-corrected chi connectivity index (χ1v) is 9.69. The van der Waals surface area contributed by atoms with Gasteiger partial charge in [0.2, 0.25) is 0 Å². The van der Waals surface area contributed by atoms with Crippen LogP contribution in [-0.4, -0.2) is 30.5 Å². The Morgan fingerprint density at radius 3 is 2.04 bits per heavy atom. The van der Waals surface area contributed by atoms with Gasteiger partial charge in [-0.1, -0.05) is 58.3 Å². The number of rotatable bonds is 15. The molecule has 152 valence electrons. The zero-order chi connectivity index (χ0) is 19.6. The normalized spacial score (nSPS) is 11.6. The summed E-state index contributed by atoms with van der Waals surface area (Å²) < 4.78 is 0. The lowest BCUT2D eigenvalue weighted by Crippen LogP contribution is -2.33. The van der Waals surface area contributed by atoms with Crippen molar-refractivity contribution < 1.29 is 19.4 Å². The highest BCUT2D eigenvalue weighted by molar-refractivity contribution is 5.77. The molecule has 6 N–H and O–H groups in total. The van der Waals surface area contributed by atoms with Gasteiger partial charge in [0.1, 0.15) is 6.04 Å². The molecule has 8 heteroatoms. The molecule has 0 saturated heterocycles. The van der Waals surface area contributed by atoms with E-state index in [0.717, 1.165) is 19.3 Å². The highest BCUT2D eigenvalue weighted by Crippen LogP contribution is 2.11. The van der Waals surface area contributed by atoms with Crippen LogP contribution in [0.3, 0.4) is 0 Å². The van der Waals surface area contributed by atoms with Crippen molar-refractivity contribution >= 4 is 17.9 Å². The van der Waals surface area contributed by atoms with Crippen LogP contribution in [-0.2, 0) is 19.4 Å². The summed E-state index contributed by atoms with van der Waals surface area (Å²) in [4.78, 5) is 35.9. The first-order chi connectivity index (χ1) is 12.5. The van der Waals surface area contributed by atoms with Crippen LogP contribution in [0.1, 0.15) is 84.0 Å². The second-order valence-corrected chi connectivity index (χ2v) is 6.49. The third kappa shape index (κ3) is 15.7. The number of hydrogen-bond acceptors (Lipinski definition) is 6. The molecule has 1 atom stereocenters. The summed E-state index contributed by atoms with van der Waals surface area (Å²) in [6, 6.07) is -0.871. The first-order valence-electron chi connectivity index (χ1n) is 9.69. The summed E-state index contributed by atoms with van der Waals surface area (Å²) in [5.41, 5.74) is 16.0. The third-order valence-corrected chi connectivity index (χ3v) is 3.97. The van der Waals surface area contributed by atoms with Crippen molar-refractivity contribution in [3.8, 4) is 0 Å². The number of unbranched alkanes of at least 4 members (excludes halogenated alkanes) is 8. The van der Waals surface area contributed by atoms with Crippen molar-refractivity contribution in [2.75, 3.05) is 6.54 Å². The zero-order valence-corrected chi connectivity index (χ0v) is 16.1. The van der Waals surface area contributed by atoms with Gasteiger partial charge in [-0.2, -0.15) is 0 Å². The quantitative estimate of drug-likeness (QED) is 0.131. The maximum Gasteiger partial charge on any atom is 0.372 e. The first kappa shape index (κ1) is 24.2. The Hall–Kier alpha value is -1.83. The van der Waals surface area contributed by atoms with Crippen LogP contribution in [0.4, 0.5) is 0 Å². The van der Waals surface area contributed by atoms with Crippen molar-refractivity contribution in [2.24, 2.45) is 22.2 Å². The minimum atomic E-state index is -0.871. The number of carbonyl (C=O) groups is 2. The molecule has 0 aromatic carbocycles. The third-order valence-electron chi connectivity index (χ3n) is 3.97. The van der Waals surface area contributed by atoms with Gasteiger partial charge in [0.25, 0.3) is 0 Å². The molecule has 0 spiro atoms. The molecule has 0 aliphatic heterocycles. The Balaban J connectivity index is 3.57. The second kappa shape index (κ2) is 16.6. The predicted molar refractivity (Wildman–Crippen MR) is 102 cm³/mol. The largest absolute Gasteiger partial charge is 0.372 e. The van der Waals surface area contributed by atoms with Crippen molar-refractivity contribution in [3.05, 3.63) is 0 Å². The Kier molecular flexibility index (Phi) is 15.5. The molecule has 0 aliphatic carbocycles. The van der Waals surface area contributed by atoms with Gasteiger partial charge in [-0.05, 0) is 19.3 Å². The van der Waals surface area contributed by atoms with E-state index >= 15 is 0 Å². The summed E-state index contributed by atoms with van der Waals surface area (Å²) >= 11 is 0. The van der Waals surface area contributed by atoms with E-state index in [4.69, 9.17) is 17.2 Å². The lowest BCUT2D eigenvalue weighted by atomic mass is 10.1. The molecule has 0 bridgehead atoms. The average molecular weight is 373 g/mol. The van der Waals surface area contributed by atoms with E-state index in [2.05, 4.69) is 21.7 Å². The second-order valence-electron chi connectivity index (χ2n) is 6.49. The summed E-state index contributed by atoms with van der Waals surface area (Å²) in [5.74, 6) is -1.32. The fourth-order valence-electron chi connectivity index (χ4n) is 2.41. The highest BCUT2D eigenvalue weighted by atomic mass is 17.2. The molecule has 0 amide bonds. The Bertz CT molecular complexity index is 412. The van der Waals surface area contributed by atoms with E-state index < -0.39 is 18.0 Å². The molecule has 8 nitrogen and oxygen atoms in total. The molecule has 0 fully saturated rings. The van der Waals surface area contributed by atoms with Gasteiger partial charge in [0, 0.05) is 6.54 Å². The van der Waals surface area contributed by atoms with E-state index in [0.29, 0.717) is 19.4 Å². The van der Waals surface area contributed by atoms with Crippen LogP contribution in [0.15, 0.2) is 4.99 Å². The van der Waals surface area contributed by atoms with Gasteiger partial charge < -0.3 is 17.2 Å². The van der Waals surface area contributed by atoms with Gasteiger partial charge in [0.15, 0.2) is 5.96 Å². The molecule has 0 saturated carbocycles. The van der Waals surface area contributed by atoms with Crippen molar-refractivity contribution in [1.82, 2.24) is 0 Å². The number of carbonyl (C=O) groups excluding carboxylic acids is 2. The minimum absolute atomic E-state index is 0.00780. The van der Waals surface area contributed by atoms with Crippen molar-refractivity contribution in [1.29, 1.82) is 0 Å². The molecule has 26 heavy (non-hydrogen) atoms. The molecule has 0 aromatic rings. The van der Waals surface area contributed by atoms with Gasteiger partial charge in [-0.15, -0.1) is 0 Å². The number of aliphatic imine (C=N–C) groups is 1. The van der Waals surface area contributed by atoms with Crippen LogP contribution < -0.4 is 17.2 Å². The maximum atomic E-state index is 11.6. The molecular weight excluding hydrogens is 336 g/mol. The standard InChI is InChI=1S/C18H36N4O4/c1-2-3-4-5-6-7-8-9-10-13-16(23)25-26-17(24)15(19)12-11-14-22-18(20)21/h15H,2-14,19H2,1H3,(H4,20,21,22). The van der Waals surface area contributed by atoms with E-state index in [1.165, 1.54) is 38.5 Å². The smallest absolute Gasteiger partial charge is 0.370 e. The van der Waals surface area contributed by atoms with Crippen LogP contribution in [0.2, 0.25) is 0 Å². The van der Waals surface area contributed by atoms with E-state index in [9.17, 15) is 9.59 Å². The molecule has 0 radical (unpaired) electrons. The lowest BCUT2D eigenvalue weighted by Gasteiger charge is -2.09. The minimum Gasteiger partial charge on any atom is -0.370 e. The van der Waals surface area contributed by atoms with Gasteiger partial charge in [-0.3, -0.25) is 4.99 Å². The zero-order valence-electron chi connectivity index (χ0n) is 16.1. The van der Waals surface area contributed by atoms with Crippen molar-refractivity contribution in [2.45, 2.75) is 90.0 Å². The maximum absolute atomic E-state index is 11.6. The van der Waals surface area contributed by atoms with E-state index in [1.807, 2.05) is 0 Å². The van der Waals surface area contributed by atoms with Crippen LogP contribution >= 0.6 is 0 Å². The van der Waals surface area contributed by atoms with Crippen LogP contribution in [0.25, 0.3) is 0 Å². The fraction of sp³-hybridized carbons (Fsp3) is 0.833. The highest BCUT2D eigenvalue weighted by Gasteiger charge is 2.18. The number of nitrogens with two attached hydrogens (primary N) is 3. The molecule has 1 unspecified atom stereocenters. The molecule has 0 heterocycles. The topological polar surface area (TPSA) is 143 Å². The van der Waals surface area contributed by atoms with Gasteiger partial charge in [-0.25, -0.2) is 19.4 Å². The molecule has 0 aromatic heterocycles. The lowest BCUT2D eigenvalue weighted by molar-refractivity contribution is -0.260. The molecular formula is C18H36N4O4. The Labute approximate surface area is 156 Å². The summed E-state index contributed by atoms with van der Waals surface area (Å²) in [5, 5.41) is 0. The van der Waals surface area contributed by atoms with Crippen LogP contribution in [0, 0.1) is 0 Å². The van der Waals surface area contributed by atoms with Gasteiger partial charge >= 0.3 is 11.9 Å². The number of nitrogens with zero attached hydrogens (tertiary/aromatic N) is 1. The Morgan fingerprint density at radius 1 is 0.885 bits per heavy atom. The SMILES string of the molecule is CCCCCCCCCCCC(=O)OOC(=O)C(N)CCCN=C(N)N. The summed E-state index contributed by atoms with van der Waals surface area (Å²) in [6.07, 6.45) is 11.5. The van der Waals surface area contributed by atoms with Gasteiger partial charge in [0.05, 0.1) is 6.42 Å². The fourth-order valence-corrected chi connectivity index (χ4v) is 2.41. The van der Waals surface area contributed by atoms with E-state index in [-0.39, 0.29) is 12.4 Å². The summed E-state index contributed by atoms with van der Waals surface area (Å²) in [7, 11) is 0. The number of hydrogen-bond donors (Lipinski definition) is 3. The predicted octanol–water partition coefficient (Wildman–Crippen LogP) is 2.29.